The monoisotopic (exact) mass is 221 g/mol. The van der Waals surface area contributed by atoms with Crippen molar-refractivity contribution < 1.29 is 9.90 Å². The van der Waals surface area contributed by atoms with Gasteiger partial charge < -0.3 is 10.8 Å². The average molecular weight is 221 g/mol. The van der Waals surface area contributed by atoms with E-state index in [1.165, 1.54) is 4.52 Å². The molecule has 0 bridgehead atoms. The molecule has 1 unspecified atom stereocenters. The maximum Gasteiger partial charge on any atom is 0.315 e. The number of carbonyl (C=O) groups is 1. The highest BCUT2D eigenvalue weighted by Crippen LogP contribution is 2.11. The number of carboxylic acid groups (broad SMARTS) is 1. The van der Waals surface area contributed by atoms with Gasteiger partial charge in [-0.25, -0.2) is 9.50 Å². The Morgan fingerprint density at radius 2 is 2.44 bits per heavy atom. The van der Waals surface area contributed by atoms with Crippen molar-refractivity contribution in [1.29, 1.82) is 0 Å². The second-order valence-corrected chi connectivity index (χ2v) is 3.47. The quantitative estimate of drug-likeness (QED) is 0.727. The van der Waals surface area contributed by atoms with Gasteiger partial charge in [0.15, 0.2) is 5.82 Å². The molecule has 7 nitrogen and oxygen atoms in total. The highest BCUT2D eigenvalue weighted by Gasteiger charge is 2.23. The molecule has 84 valence electrons. The van der Waals surface area contributed by atoms with E-state index in [1.807, 2.05) is 6.92 Å². The van der Waals surface area contributed by atoms with Gasteiger partial charge in [-0.3, -0.25) is 4.79 Å². The number of rotatable bonds is 3. The highest BCUT2D eigenvalue weighted by molar-refractivity contribution is 5.75. The van der Waals surface area contributed by atoms with E-state index in [1.54, 1.807) is 12.4 Å². The van der Waals surface area contributed by atoms with Crippen molar-refractivity contribution in [2.24, 2.45) is 5.73 Å². The molecule has 0 saturated carbocycles. The Bertz CT molecular complexity index is 536. The van der Waals surface area contributed by atoms with Crippen LogP contribution in [0.4, 0.5) is 0 Å². The fourth-order valence-electron chi connectivity index (χ4n) is 1.36. The van der Waals surface area contributed by atoms with E-state index in [9.17, 15) is 4.79 Å². The lowest BCUT2D eigenvalue weighted by Crippen LogP contribution is -2.22. The van der Waals surface area contributed by atoms with Gasteiger partial charge in [0.1, 0.15) is 5.92 Å². The van der Waals surface area contributed by atoms with E-state index < -0.39 is 11.9 Å². The molecule has 16 heavy (non-hydrogen) atoms. The van der Waals surface area contributed by atoms with E-state index in [2.05, 4.69) is 15.1 Å². The van der Waals surface area contributed by atoms with Crippen molar-refractivity contribution in [3.05, 3.63) is 23.8 Å². The number of hydrogen-bond acceptors (Lipinski definition) is 5. The first-order valence-electron chi connectivity index (χ1n) is 4.73. The van der Waals surface area contributed by atoms with Gasteiger partial charge in [0, 0.05) is 18.9 Å². The Balaban J connectivity index is 2.49. The lowest BCUT2D eigenvalue weighted by Gasteiger charge is -2.02. The SMILES string of the molecule is Cc1cnc2nc(C(CN)C(=O)O)nn2c1. The first-order valence-corrected chi connectivity index (χ1v) is 4.73. The van der Waals surface area contributed by atoms with Gasteiger partial charge in [0.05, 0.1) is 0 Å². The second-order valence-electron chi connectivity index (χ2n) is 3.47. The van der Waals surface area contributed by atoms with Crippen LogP contribution in [0.5, 0.6) is 0 Å². The number of nitrogens with zero attached hydrogens (tertiary/aromatic N) is 4. The van der Waals surface area contributed by atoms with Gasteiger partial charge >= 0.3 is 5.97 Å². The van der Waals surface area contributed by atoms with E-state index in [0.717, 1.165) is 5.56 Å². The van der Waals surface area contributed by atoms with E-state index in [0.29, 0.717) is 5.78 Å². The molecule has 0 aliphatic rings. The molecule has 3 N–H and O–H groups in total. The standard InChI is InChI=1S/C9H11N5O2/c1-5-3-11-9-12-7(13-14(9)4-5)6(2-10)8(15)16/h3-4,6H,2,10H2,1H3,(H,15,16). The largest absolute Gasteiger partial charge is 0.481 e. The molecule has 2 rings (SSSR count). The van der Waals surface area contributed by atoms with Crippen molar-refractivity contribution >= 4 is 11.7 Å². The highest BCUT2D eigenvalue weighted by atomic mass is 16.4. The van der Waals surface area contributed by atoms with Gasteiger partial charge in [-0.15, -0.1) is 5.10 Å². The molecular weight excluding hydrogens is 210 g/mol. The molecule has 0 aliphatic heterocycles. The molecule has 0 aromatic carbocycles. The number of aliphatic carboxylic acids is 1. The van der Waals surface area contributed by atoms with Crippen LogP contribution in [0.25, 0.3) is 5.78 Å². The zero-order chi connectivity index (χ0) is 11.7. The molecule has 0 radical (unpaired) electrons. The van der Waals surface area contributed by atoms with Gasteiger partial charge in [0.25, 0.3) is 5.78 Å². The van der Waals surface area contributed by atoms with Crippen LogP contribution < -0.4 is 5.73 Å². The normalized spacial score (nSPS) is 12.9. The zero-order valence-corrected chi connectivity index (χ0v) is 8.66. The predicted molar refractivity (Wildman–Crippen MR) is 55.0 cm³/mol. The third-order valence-corrected chi connectivity index (χ3v) is 2.18. The van der Waals surface area contributed by atoms with Crippen molar-refractivity contribution in [3.63, 3.8) is 0 Å². The molecule has 2 heterocycles. The molecule has 0 saturated heterocycles. The number of nitrogens with two attached hydrogens (primary N) is 1. The first kappa shape index (κ1) is 10.5. The minimum atomic E-state index is -1.03. The zero-order valence-electron chi connectivity index (χ0n) is 8.66. The topological polar surface area (TPSA) is 106 Å². The molecule has 0 amide bonds. The van der Waals surface area contributed by atoms with Crippen LogP contribution in [0.1, 0.15) is 17.3 Å². The third-order valence-electron chi connectivity index (χ3n) is 2.18. The lowest BCUT2D eigenvalue weighted by atomic mass is 10.1. The third kappa shape index (κ3) is 1.72. The maximum atomic E-state index is 10.9. The average Bonchev–Trinajstić information content (AvgIpc) is 2.60. The minimum absolute atomic E-state index is 0.0365. The number of hydrogen-bond donors (Lipinski definition) is 2. The van der Waals surface area contributed by atoms with Gasteiger partial charge in [-0.2, -0.15) is 4.98 Å². The summed E-state index contributed by atoms with van der Waals surface area (Å²) in [5.74, 6) is -1.36. The summed E-state index contributed by atoms with van der Waals surface area (Å²) in [6.07, 6.45) is 3.38. The van der Waals surface area contributed by atoms with Gasteiger partial charge in [-0.1, -0.05) is 0 Å². The first-order chi connectivity index (χ1) is 7.61. The Morgan fingerprint density at radius 3 is 3.06 bits per heavy atom. The van der Waals surface area contributed by atoms with Crippen LogP contribution in [-0.2, 0) is 4.79 Å². The fraction of sp³-hybridized carbons (Fsp3) is 0.333. The maximum absolute atomic E-state index is 10.9. The van der Waals surface area contributed by atoms with Crippen LogP contribution in [0.3, 0.4) is 0 Å². The smallest absolute Gasteiger partial charge is 0.315 e. The second kappa shape index (κ2) is 3.86. The summed E-state index contributed by atoms with van der Waals surface area (Å²) in [4.78, 5) is 18.9. The summed E-state index contributed by atoms with van der Waals surface area (Å²) in [5.41, 5.74) is 6.29. The van der Waals surface area contributed by atoms with Crippen molar-refractivity contribution in [3.8, 4) is 0 Å². The molecule has 0 fully saturated rings. The van der Waals surface area contributed by atoms with E-state index >= 15 is 0 Å². The number of aromatic nitrogens is 4. The summed E-state index contributed by atoms with van der Waals surface area (Å²) in [6.45, 7) is 1.83. The van der Waals surface area contributed by atoms with Crippen LogP contribution >= 0.6 is 0 Å². The summed E-state index contributed by atoms with van der Waals surface area (Å²) in [6, 6.07) is 0. The number of carboxylic acids is 1. The molecule has 2 aromatic rings. The molecule has 7 heteroatoms. The van der Waals surface area contributed by atoms with Crippen molar-refractivity contribution in [2.75, 3.05) is 6.54 Å². The number of fused-ring (bicyclic) bond motifs is 1. The molecule has 0 aliphatic carbocycles. The molecular formula is C9H11N5O2. The summed E-state index contributed by atoms with van der Waals surface area (Å²) in [7, 11) is 0. The molecule has 0 spiro atoms. The van der Waals surface area contributed by atoms with Crippen LogP contribution in [0, 0.1) is 6.92 Å². The molecule has 1 atom stereocenters. The number of aryl methyl sites for hydroxylation is 1. The van der Waals surface area contributed by atoms with Gasteiger partial charge in [0.2, 0.25) is 0 Å². The Kier molecular flexibility index (Phi) is 2.53. The van der Waals surface area contributed by atoms with E-state index in [-0.39, 0.29) is 12.4 Å². The summed E-state index contributed by atoms with van der Waals surface area (Å²) in [5, 5.41) is 13.0. The Labute approximate surface area is 90.9 Å². The van der Waals surface area contributed by atoms with Crippen LogP contribution in [-0.4, -0.2) is 37.2 Å². The summed E-state index contributed by atoms with van der Waals surface area (Å²) < 4.78 is 1.45. The van der Waals surface area contributed by atoms with Crippen molar-refractivity contribution in [1.82, 2.24) is 19.6 Å². The summed E-state index contributed by atoms with van der Waals surface area (Å²) >= 11 is 0. The predicted octanol–water partition coefficient (Wildman–Crippen LogP) is -0.440. The van der Waals surface area contributed by atoms with Crippen molar-refractivity contribution in [2.45, 2.75) is 12.8 Å². The Morgan fingerprint density at radius 1 is 1.69 bits per heavy atom. The fourth-order valence-corrected chi connectivity index (χ4v) is 1.36. The van der Waals surface area contributed by atoms with Gasteiger partial charge in [-0.05, 0) is 12.5 Å². The molecule has 2 aromatic heterocycles. The van der Waals surface area contributed by atoms with Crippen LogP contribution in [0.2, 0.25) is 0 Å². The van der Waals surface area contributed by atoms with Crippen LogP contribution in [0.15, 0.2) is 12.4 Å². The lowest BCUT2D eigenvalue weighted by molar-refractivity contribution is -0.138. The van der Waals surface area contributed by atoms with E-state index in [4.69, 9.17) is 10.8 Å². The Hall–Kier alpha value is -2.02. The minimum Gasteiger partial charge on any atom is -0.481 e.